The smallest absolute Gasteiger partial charge is 0.427 e. The number of aromatic nitrogens is 3. The Balaban J connectivity index is 1.29. The van der Waals surface area contributed by atoms with E-state index in [1.165, 1.54) is 0 Å². The van der Waals surface area contributed by atoms with E-state index in [4.69, 9.17) is 41.3 Å². The molecular weight excluding hydrogens is 783 g/mol. The van der Waals surface area contributed by atoms with Crippen LogP contribution in [0, 0.1) is 5.82 Å². The fraction of sp³-hybridized carbons (Fsp3) is 0.500. The van der Waals surface area contributed by atoms with Crippen LogP contribution in [0.2, 0.25) is 5.02 Å². The number of carbonyl (C=O) groups excluding carboxylic acids is 3. The van der Waals surface area contributed by atoms with E-state index in [9.17, 15) is 14.4 Å². The third-order valence-electron chi connectivity index (χ3n) is 9.33. The molecule has 316 valence electrons. The molecule has 2 unspecified atom stereocenters. The van der Waals surface area contributed by atoms with Crippen molar-refractivity contribution in [2.75, 3.05) is 31.1 Å². The molecule has 0 aliphatic carbocycles. The molecule has 17 heteroatoms. The number of rotatable bonds is 7. The number of carbonyl (C=O) groups is 3. The Morgan fingerprint density at radius 3 is 2.08 bits per heavy atom. The maximum atomic E-state index is 16.9. The molecule has 15 nitrogen and oxygen atoms in total. The van der Waals surface area contributed by atoms with Crippen molar-refractivity contribution in [3.63, 3.8) is 0 Å². The van der Waals surface area contributed by atoms with Gasteiger partial charge in [0.15, 0.2) is 5.82 Å². The summed E-state index contributed by atoms with van der Waals surface area (Å²) >= 11 is 6.63. The van der Waals surface area contributed by atoms with Gasteiger partial charge in [-0.3, -0.25) is 14.9 Å². The lowest BCUT2D eigenvalue weighted by molar-refractivity contribution is 0.0114. The number of halogens is 2. The third-order valence-corrected chi connectivity index (χ3v) is 9.64. The Hall–Kier alpha value is -5.51. The summed E-state index contributed by atoms with van der Waals surface area (Å²) < 4.78 is 39.5. The second-order valence-corrected chi connectivity index (χ2v) is 18.0. The van der Waals surface area contributed by atoms with Gasteiger partial charge in [0.1, 0.15) is 33.8 Å². The first-order valence-electron chi connectivity index (χ1n) is 19.6. The summed E-state index contributed by atoms with van der Waals surface area (Å²) in [6.07, 6.45) is 0.902. The van der Waals surface area contributed by atoms with Gasteiger partial charge in [-0.2, -0.15) is 9.97 Å². The van der Waals surface area contributed by atoms with Gasteiger partial charge in [-0.15, -0.1) is 4.90 Å². The van der Waals surface area contributed by atoms with Crippen molar-refractivity contribution < 1.29 is 37.7 Å². The maximum Gasteiger partial charge on any atom is 0.427 e. The highest BCUT2D eigenvalue weighted by Gasteiger charge is 2.45. The highest BCUT2D eigenvalue weighted by molar-refractivity contribution is 6.36. The number of nitrogens with two attached hydrogens (primary N) is 1. The molecule has 2 aromatic heterocycles. The zero-order valence-electron chi connectivity index (χ0n) is 35.0. The minimum absolute atomic E-state index is 0.00592. The summed E-state index contributed by atoms with van der Waals surface area (Å²) in [4.78, 5) is 61.7. The minimum Gasteiger partial charge on any atom is -0.463 e. The fourth-order valence-electron chi connectivity index (χ4n) is 7.07. The molecule has 2 atom stereocenters. The molecule has 2 N–H and O–H groups in total. The summed E-state index contributed by atoms with van der Waals surface area (Å²) in [5, 5.41) is 2.30. The molecule has 0 spiro atoms. The number of anilines is 1. The van der Waals surface area contributed by atoms with Gasteiger partial charge in [-0.1, -0.05) is 41.9 Å². The van der Waals surface area contributed by atoms with Crippen LogP contribution in [-0.2, 0) is 14.2 Å². The van der Waals surface area contributed by atoms with Crippen LogP contribution in [0.5, 0.6) is 6.01 Å². The number of benzene rings is 2. The number of aliphatic imine (C=N–C) groups is 1. The van der Waals surface area contributed by atoms with Crippen molar-refractivity contribution in [3.8, 4) is 17.3 Å². The topological polar surface area (TPSA) is 175 Å². The average Bonchev–Trinajstić information content (AvgIpc) is 3.38. The van der Waals surface area contributed by atoms with Gasteiger partial charge >= 0.3 is 24.3 Å². The largest absolute Gasteiger partial charge is 0.463 e. The lowest BCUT2D eigenvalue weighted by atomic mass is 10.0. The number of guanidine groups is 1. The number of pyridine rings is 1. The Morgan fingerprint density at radius 2 is 1.49 bits per heavy atom. The summed E-state index contributed by atoms with van der Waals surface area (Å²) in [5.41, 5.74) is 4.20. The molecule has 2 aliphatic rings. The number of fused-ring (bicyclic) bond motifs is 4. The van der Waals surface area contributed by atoms with Gasteiger partial charge in [0, 0.05) is 48.2 Å². The van der Waals surface area contributed by atoms with Gasteiger partial charge in [0.25, 0.3) is 0 Å². The van der Waals surface area contributed by atoms with Crippen LogP contribution in [-0.4, -0.2) is 104 Å². The summed E-state index contributed by atoms with van der Waals surface area (Å²) in [6, 6.07) is 10.5. The first kappa shape index (κ1) is 43.1. The monoisotopic (exact) mass is 834 g/mol. The number of hydrogen-bond acceptors (Lipinski definition) is 12. The number of hydrogen-bond donors (Lipinski definition) is 1. The van der Waals surface area contributed by atoms with Crippen molar-refractivity contribution in [2.45, 2.75) is 110 Å². The third kappa shape index (κ3) is 10.0. The zero-order chi connectivity index (χ0) is 43.0. The SMILES string of the molecule is CC(C)(C)OC(=O)N(C(=O)OC(C)(C)C)C(N)=NCCCOc1nc(N2CC3CCC(C2)N3C(=O)OC(C)(C)C)c2cnc(-c3cccc4cccc(Cl)c34)c(F)c2n1. The predicted molar refractivity (Wildman–Crippen MR) is 223 cm³/mol. The summed E-state index contributed by atoms with van der Waals surface area (Å²) in [5.74, 6) is -0.693. The van der Waals surface area contributed by atoms with Crippen molar-refractivity contribution >= 4 is 63.3 Å². The van der Waals surface area contributed by atoms with E-state index >= 15 is 4.39 Å². The van der Waals surface area contributed by atoms with E-state index in [1.54, 1.807) is 59.9 Å². The van der Waals surface area contributed by atoms with Crippen LogP contribution in [0.4, 0.5) is 24.6 Å². The normalized spacial score (nSPS) is 17.3. The Morgan fingerprint density at radius 1 is 0.898 bits per heavy atom. The molecule has 2 bridgehead atoms. The van der Waals surface area contributed by atoms with Crippen molar-refractivity contribution in [1.82, 2.24) is 24.8 Å². The van der Waals surface area contributed by atoms with Crippen LogP contribution >= 0.6 is 11.6 Å². The molecule has 0 saturated carbocycles. The molecule has 6 rings (SSSR count). The summed E-state index contributed by atoms with van der Waals surface area (Å²) in [7, 11) is 0. The Kier molecular flexibility index (Phi) is 12.1. The summed E-state index contributed by atoms with van der Waals surface area (Å²) in [6.45, 7) is 16.3. The van der Waals surface area contributed by atoms with E-state index in [0.717, 1.165) is 18.2 Å². The fourth-order valence-corrected chi connectivity index (χ4v) is 7.35. The molecule has 4 aromatic rings. The number of piperazine rings is 1. The van der Waals surface area contributed by atoms with E-state index in [0.29, 0.717) is 45.2 Å². The molecule has 2 saturated heterocycles. The number of ether oxygens (including phenoxy) is 4. The van der Waals surface area contributed by atoms with Crippen LogP contribution in [0.15, 0.2) is 47.6 Å². The van der Waals surface area contributed by atoms with Gasteiger partial charge in [-0.25, -0.2) is 18.8 Å². The van der Waals surface area contributed by atoms with E-state index < -0.39 is 40.8 Å². The second kappa shape index (κ2) is 16.6. The molecule has 0 radical (unpaired) electrons. The van der Waals surface area contributed by atoms with Gasteiger partial charge in [0.2, 0.25) is 5.96 Å². The first-order chi connectivity index (χ1) is 27.6. The van der Waals surface area contributed by atoms with Gasteiger partial charge < -0.3 is 29.6 Å². The molecule has 59 heavy (non-hydrogen) atoms. The second-order valence-electron chi connectivity index (χ2n) is 17.6. The Bertz CT molecular complexity index is 2240. The predicted octanol–water partition coefficient (Wildman–Crippen LogP) is 8.48. The van der Waals surface area contributed by atoms with E-state index in [1.807, 2.05) is 54.8 Å². The van der Waals surface area contributed by atoms with Crippen LogP contribution in [0.25, 0.3) is 32.9 Å². The average molecular weight is 835 g/mol. The maximum absolute atomic E-state index is 16.9. The van der Waals surface area contributed by atoms with Crippen molar-refractivity contribution in [1.29, 1.82) is 0 Å². The standard InChI is InChI=1S/C42H52ClFN8O7/c1-40(2,3)57-37(53)51-25-17-18-26(51)23-50(22-25)34-28-21-47-32(27-15-10-13-24-14-11-16-29(43)30(24)27)31(44)33(28)48-36(49-34)56-20-12-19-46-35(45)52(38(54)58-41(4,5)6)39(55)59-42(7,8)9/h10-11,13-16,21,25-26H,12,17-20,22-23H2,1-9H3,(H2,45,46). The number of imide groups is 1. The molecular formula is C42H52ClFN8O7. The molecule has 2 aromatic carbocycles. The van der Waals surface area contributed by atoms with E-state index in [2.05, 4.69) is 15.0 Å². The van der Waals surface area contributed by atoms with Crippen LogP contribution in [0.3, 0.4) is 0 Å². The molecule has 3 amide bonds. The lowest BCUT2D eigenvalue weighted by Gasteiger charge is -2.42. The van der Waals surface area contributed by atoms with Crippen LogP contribution in [0.1, 0.15) is 81.6 Å². The van der Waals surface area contributed by atoms with Crippen molar-refractivity contribution in [2.24, 2.45) is 10.7 Å². The molecule has 4 heterocycles. The van der Waals surface area contributed by atoms with Crippen LogP contribution < -0.4 is 15.4 Å². The van der Waals surface area contributed by atoms with Gasteiger partial charge in [0.05, 0.1) is 24.1 Å². The minimum atomic E-state index is -1.04. The van der Waals surface area contributed by atoms with Crippen molar-refractivity contribution in [3.05, 3.63) is 53.4 Å². The Labute approximate surface area is 348 Å². The highest BCUT2D eigenvalue weighted by atomic mass is 35.5. The molecule has 2 fully saturated rings. The lowest BCUT2D eigenvalue weighted by Crippen LogP contribution is -2.57. The number of nitrogens with zero attached hydrogens (tertiary/aromatic N) is 7. The quantitative estimate of drug-likeness (QED) is 0.0815. The van der Waals surface area contributed by atoms with E-state index in [-0.39, 0.29) is 55.0 Å². The zero-order valence-corrected chi connectivity index (χ0v) is 35.7. The highest BCUT2D eigenvalue weighted by Crippen LogP contribution is 2.39. The van der Waals surface area contributed by atoms with Gasteiger partial charge in [-0.05, 0) is 86.6 Å². The first-order valence-corrected chi connectivity index (χ1v) is 20.0. The molecule has 2 aliphatic heterocycles. The number of amides is 3.